The van der Waals surface area contributed by atoms with Crippen LogP contribution in [0.4, 0.5) is 0 Å². The molecule has 0 bridgehead atoms. The third-order valence-electron chi connectivity index (χ3n) is 4.67. The van der Waals surface area contributed by atoms with Gasteiger partial charge in [-0.15, -0.1) is 0 Å². The minimum Gasteiger partial charge on any atom is -0.408 e. The number of carbonyl (C=O) groups is 2. The number of oxazole rings is 1. The summed E-state index contributed by atoms with van der Waals surface area (Å²) in [7, 11) is 0. The van der Waals surface area contributed by atoms with Crippen LogP contribution in [0.25, 0.3) is 11.1 Å². The zero-order chi connectivity index (χ0) is 19.0. The predicted octanol–water partition coefficient (Wildman–Crippen LogP) is 1.76. The smallest absolute Gasteiger partial charge is 0.408 e. The van der Waals surface area contributed by atoms with Gasteiger partial charge in [-0.1, -0.05) is 30.3 Å². The Balaban J connectivity index is 1.39. The van der Waals surface area contributed by atoms with Crippen LogP contribution < -0.4 is 11.1 Å². The van der Waals surface area contributed by atoms with E-state index in [1.54, 1.807) is 24.3 Å². The van der Waals surface area contributed by atoms with Gasteiger partial charge in [-0.2, -0.15) is 0 Å². The first kappa shape index (κ1) is 17.1. The number of para-hydroxylation sites is 2. The molecule has 7 heteroatoms. The monoisotopic (exact) mass is 365 g/mol. The van der Waals surface area contributed by atoms with Gasteiger partial charge < -0.3 is 14.6 Å². The average Bonchev–Trinajstić information content (AvgIpc) is 3.12. The topological polar surface area (TPSA) is 84.6 Å². The zero-order valence-corrected chi connectivity index (χ0v) is 14.8. The van der Waals surface area contributed by atoms with Crippen molar-refractivity contribution in [2.75, 3.05) is 6.54 Å². The first-order chi connectivity index (χ1) is 13.0. The van der Waals surface area contributed by atoms with E-state index in [1.165, 1.54) is 9.47 Å². The molecule has 1 aliphatic rings. The van der Waals surface area contributed by atoms with Crippen molar-refractivity contribution in [1.29, 1.82) is 0 Å². The molecule has 1 atom stereocenters. The van der Waals surface area contributed by atoms with Gasteiger partial charge in [0.15, 0.2) is 5.58 Å². The lowest BCUT2D eigenvalue weighted by atomic mass is 10.1. The Bertz CT molecular complexity index is 1080. The lowest BCUT2D eigenvalue weighted by Gasteiger charge is -2.18. The maximum absolute atomic E-state index is 12.4. The molecular weight excluding hydrogens is 346 g/mol. The third kappa shape index (κ3) is 3.23. The summed E-state index contributed by atoms with van der Waals surface area (Å²) in [4.78, 5) is 38.3. The molecule has 0 saturated carbocycles. The Morgan fingerprint density at radius 2 is 1.89 bits per heavy atom. The molecule has 2 amide bonds. The van der Waals surface area contributed by atoms with Gasteiger partial charge in [-0.05, 0) is 30.7 Å². The van der Waals surface area contributed by atoms with Crippen molar-refractivity contribution in [2.24, 2.45) is 0 Å². The number of aromatic nitrogens is 1. The first-order valence-electron chi connectivity index (χ1n) is 8.78. The molecule has 3 aromatic rings. The summed E-state index contributed by atoms with van der Waals surface area (Å²) in [5.41, 5.74) is 2.78. The molecule has 138 valence electrons. The molecule has 2 heterocycles. The van der Waals surface area contributed by atoms with E-state index in [9.17, 15) is 14.4 Å². The fraction of sp³-hybridized carbons (Fsp3) is 0.250. The molecule has 0 radical (unpaired) electrons. The van der Waals surface area contributed by atoms with E-state index in [0.717, 1.165) is 5.56 Å². The maximum atomic E-state index is 12.4. The molecule has 7 nitrogen and oxygen atoms in total. The fourth-order valence-electron chi connectivity index (χ4n) is 3.44. The van der Waals surface area contributed by atoms with Gasteiger partial charge in [0.05, 0.1) is 5.52 Å². The standard InChI is InChI=1S/C20H19N3O4/c1-13(10-23-16-8-4-5-9-17(16)27-20(23)26)21-18(24)12-22-11-14-6-2-3-7-15(14)19(22)25/h2-9,13H,10-12H2,1H3,(H,21,24)/t13-/m0/s1. The zero-order valence-electron chi connectivity index (χ0n) is 14.8. The number of nitrogens with one attached hydrogen (secondary N) is 1. The molecule has 1 aromatic heterocycles. The van der Waals surface area contributed by atoms with Gasteiger partial charge >= 0.3 is 5.76 Å². The summed E-state index contributed by atoms with van der Waals surface area (Å²) in [6.07, 6.45) is 0. The second-order valence-electron chi connectivity index (χ2n) is 6.73. The van der Waals surface area contributed by atoms with Gasteiger partial charge in [0.2, 0.25) is 5.91 Å². The summed E-state index contributed by atoms with van der Waals surface area (Å²) in [5, 5.41) is 2.85. The van der Waals surface area contributed by atoms with Crippen molar-refractivity contribution in [1.82, 2.24) is 14.8 Å². The van der Waals surface area contributed by atoms with Crippen molar-refractivity contribution in [3.63, 3.8) is 0 Å². The predicted molar refractivity (Wildman–Crippen MR) is 99.3 cm³/mol. The number of fused-ring (bicyclic) bond motifs is 2. The number of hydrogen-bond donors (Lipinski definition) is 1. The Hall–Kier alpha value is -3.35. The Labute approximate surface area is 155 Å². The fourth-order valence-corrected chi connectivity index (χ4v) is 3.44. The number of rotatable bonds is 5. The van der Waals surface area contributed by atoms with E-state index < -0.39 is 5.76 Å². The minimum atomic E-state index is -0.456. The molecule has 27 heavy (non-hydrogen) atoms. The van der Waals surface area contributed by atoms with Gasteiger partial charge in [-0.25, -0.2) is 4.79 Å². The lowest BCUT2D eigenvalue weighted by molar-refractivity contribution is -0.122. The summed E-state index contributed by atoms with van der Waals surface area (Å²) in [6.45, 7) is 2.52. The van der Waals surface area contributed by atoms with Crippen LogP contribution >= 0.6 is 0 Å². The second-order valence-corrected chi connectivity index (χ2v) is 6.73. The van der Waals surface area contributed by atoms with Crippen molar-refractivity contribution >= 4 is 22.9 Å². The molecule has 1 aliphatic heterocycles. The van der Waals surface area contributed by atoms with Crippen molar-refractivity contribution in [2.45, 2.75) is 26.1 Å². The Morgan fingerprint density at radius 3 is 2.70 bits per heavy atom. The molecular formula is C20H19N3O4. The highest BCUT2D eigenvalue weighted by Crippen LogP contribution is 2.21. The van der Waals surface area contributed by atoms with E-state index in [4.69, 9.17) is 4.42 Å². The molecule has 0 fully saturated rings. The highest BCUT2D eigenvalue weighted by molar-refractivity contribution is 6.00. The van der Waals surface area contributed by atoms with Gasteiger partial charge in [0.25, 0.3) is 5.91 Å². The molecule has 0 unspecified atom stereocenters. The van der Waals surface area contributed by atoms with Crippen molar-refractivity contribution < 1.29 is 14.0 Å². The average molecular weight is 365 g/mol. The number of hydrogen-bond acceptors (Lipinski definition) is 4. The maximum Gasteiger partial charge on any atom is 0.420 e. The summed E-state index contributed by atoms with van der Waals surface area (Å²) >= 11 is 0. The van der Waals surface area contributed by atoms with E-state index in [1.807, 2.05) is 31.2 Å². The molecule has 0 aliphatic carbocycles. The molecule has 4 rings (SSSR count). The normalized spacial score (nSPS) is 14.4. The minimum absolute atomic E-state index is 0.0150. The van der Waals surface area contributed by atoms with Crippen LogP contribution in [0.2, 0.25) is 0 Å². The number of amides is 2. The van der Waals surface area contributed by atoms with Gasteiger partial charge in [-0.3, -0.25) is 14.2 Å². The van der Waals surface area contributed by atoms with Gasteiger partial charge in [0, 0.05) is 24.7 Å². The Morgan fingerprint density at radius 1 is 1.15 bits per heavy atom. The van der Waals surface area contributed by atoms with E-state index in [-0.39, 0.29) is 30.9 Å². The number of carbonyl (C=O) groups excluding carboxylic acids is 2. The van der Waals surface area contributed by atoms with Crippen LogP contribution in [-0.4, -0.2) is 33.9 Å². The molecule has 0 spiro atoms. The van der Waals surface area contributed by atoms with E-state index >= 15 is 0 Å². The third-order valence-corrected chi connectivity index (χ3v) is 4.67. The quantitative estimate of drug-likeness (QED) is 0.747. The first-order valence-corrected chi connectivity index (χ1v) is 8.78. The van der Waals surface area contributed by atoms with Crippen LogP contribution in [0.3, 0.4) is 0 Å². The molecule has 2 aromatic carbocycles. The van der Waals surface area contributed by atoms with Crippen LogP contribution in [0, 0.1) is 0 Å². The Kier molecular flexibility index (Phi) is 4.27. The second kappa shape index (κ2) is 6.75. The summed E-state index contributed by atoms with van der Waals surface area (Å²) in [6, 6.07) is 14.2. The van der Waals surface area contributed by atoms with Crippen LogP contribution in [0.1, 0.15) is 22.8 Å². The number of nitrogens with zero attached hydrogens (tertiary/aromatic N) is 2. The van der Waals surface area contributed by atoms with Crippen LogP contribution in [0.5, 0.6) is 0 Å². The van der Waals surface area contributed by atoms with Crippen molar-refractivity contribution in [3.8, 4) is 0 Å². The van der Waals surface area contributed by atoms with Crippen LogP contribution in [-0.2, 0) is 17.9 Å². The molecule has 0 saturated heterocycles. The van der Waals surface area contributed by atoms with E-state index in [2.05, 4.69) is 5.32 Å². The highest BCUT2D eigenvalue weighted by atomic mass is 16.4. The van der Waals surface area contributed by atoms with Crippen molar-refractivity contribution in [3.05, 3.63) is 70.2 Å². The summed E-state index contributed by atoms with van der Waals surface area (Å²) < 4.78 is 6.70. The lowest BCUT2D eigenvalue weighted by Crippen LogP contribution is -2.43. The van der Waals surface area contributed by atoms with Crippen LogP contribution in [0.15, 0.2) is 57.7 Å². The number of benzene rings is 2. The van der Waals surface area contributed by atoms with Gasteiger partial charge in [0.1, 0.15) is 6.54 Å². The van der Waals surface area contributed by atoms with E-state index in [0.29, 0.717) is 23.2 Å². The molecule has 1 N–H and O–H groups in total. The highest BCUT2D eigenvalue weighted by Gasteiger charge is 2.28. The SMILES string of the molecule is C[C@@H](Cn1c(=O)oc2ccccc21)NC(=O)CN1Cc2ccccc2C1=O. The largest absolute Gasteiger partial charge is 0.420 e. The summed E-state index contributed by atoms with van der Waals surface area (Å²) in [5.74, 6) is -0.850.